The first-order valence-electron chi connectivity index (χ1n) is 5.70. The average Bonchev–Trinajstić information content (AvgIpc) is 2.38. The lowest BCUT2D eigenvalue weighted by Gasteiger charge is -1.99. The lowest BCUT2D eigenvalue weighted by atomic mass is 10.1. The summed E-state index contributed by atoms with van der Waals surface area (Å²) in [5, 5.41) is 0.744. The zero-order valence-electron chi connectivity index (χ0n) is 10.1. The maximum absolute atomic E-state index is 5.84. The average molecular weight is 273 g/mol. The molecule has 0 aliphatic heterocycles. The van der Waals surface area contributed by atoms with Crippen LogP contribution in [0.1, 0.15) is 16.7 Å². The maximum atomic E-state index is 5.84. The van der Waals surface area contributed by atoms with Crippen LogP contribution >= 0.6 is 23.8 Å². The Hall–Kier alpha value is -1.44. The van der Waals surface area contributed by atoms with Crippen molar-refractivity contribution in [2.24, 2.45) is 0 Å². The molecule has 0 unspecified atom stereocenters. The molecule has 0 aliphatic rings. The molecule has 2 heteroatoms. The van der Waals surface area contributed by atoms with E-state index in [0.29, 0.717) is 0 Å². The van der Waals surface area contributed by atoms with E-state index in [1.54, 1.807) is 0 Å². The molecule has 0 nitrogen and oxygen atoms in total. The van der Waals surface area contributed by atoms with E-state index in [9.17, 15) is 0 Å². The minimum absolute atomic E-state index is 0.744. The minimum atomic E-state index is 0.744. The Morgan fingerprint density at radius 2 is 1.61 bits per heavy atom. The van der Waals surface area contributed by atoms with Gasteiger partial charge in [0.05, 0.1) is 0 Å². The van der Waals surface area contributed by atoms with E-state index in [4.69, 9.17) is 23.8 Å². The van der Waals surface area contributed by atoms with Gasteiger partial charge in [0, 0.05) is 9.89 Å². The molecule has 2 rings (SSSR count). The molecule has 2 aromatic carbocycles. The molecule has 2 aromatic rings. The van der Waals surface area contributed by atoms with Crippen molar-refractivity contribution in [1.29, 1.82) is 0 Å². The Morgan fingerprint density at radius 3 is 2.22 bits per heavy atom. The van der Waals surface area contributed by atoms with Gasteiger partial charge in [0.25, 0.3) is 0 Å². The van der Waals surface area contributed by atoms with Crippen molar-refractivity contribution in [3.63, 3.8) is 0 Å². The second-order valence-corrected chi connectivity index (χ2v) is 4.99. The van der Waals surface area contributed by atoms with Gasteiger partial charge >= 0.3 is 0 Å². The van der Waals surface area contributed by atoms with Crippen LogP contribution in [0.2, 0.25) is 5.02 Å². The summed E-state index contributed by atoms with van der Waals surface area (Å²) in [6, 6.07) is 15.9. The van der Waals surface area contributed by atoms with Crippen molar-refractivity contribution in [1.82, 2.24) is 0 Å². The van der Waals surface area contributed by atoms with Gasteiger partial charge in [0.2, 0.25) is 0 Å². The van der Waals surface area contributed by atoms with Crippen molar-refractivity contribution in [3.8, 4) is 0 Å². The van der Waals surface area contributed by atoms with Gasteiger partial charge in [-0.25, -0.2) is 0 Å². The Morgan fingerprint density at radius 1 is 1.00 bits per heavy atom. The highest BCUT2D eigenvalue weighted by Crippen LogP contribution is 2.12. The lowest BCUT2D eigenvalue weighted by Crippen LogP contribution is -1.91. The Balaban J connectivity index is 2.11. The molecule has 0 saturated carbocycles. The fraction of sp³-hybridized carbons (Fsp3) is 0.0625. The molecule has 0 spiro atoms. The van der Waals surface area contributed by atoms with Gasteiger partial charge in [-0.05, 0) is 36.3 Å². The van der Waals surface area contributed by atoms with Crippen molar-refractivity contribution in [2.75, 3.05) is 0 Å². The summed E-state index contributed by atoms with van der Waals surface area (Å²) in [5.41, 5.74) is 3.40. The Bertz CT molecular complexity index is 565. The molecule has 90 valence electrons. The summed E-state index contributed by atoms with van der Waals surface area (Å²) in [6.45, 7) is 2.07. The van der Waals surface area contributed by atoms with E-state index in [0.717, 1.165) is 21.0 Å². The highest BCUT2D eigenvalue weighted by atomic mass is 35.5. The van der Waals surface area contributed by atoms with Crippen LogP contribution in [0.3, 0.4) is 0 Å². The first-order valence-corrected chi connectivity index (χ1v) is 6.48. The number of thiocarbonyl (C=S) groups is 1. The van der Waals surface area contributed by atoms with E-state index in [1.807, 2.05) is 48.6 Å². The highest BCUT2D eigenvalue weighted by Gasteiger charge is 1.96. The number of benzene rings is 2. The van der Waals surface area contributed by atoms with Gasteiger partial charge in [-0.1, -0.05) is 71.9 Å². The topological polar surface area (TPSA) is 0 Å². The third-order valence-electron chi connectivity index (χ3n) is 2.63. The fourth-order valence-corrected chi connectivity index (χ4v) is 1.89. The second-order valence-electron chi connectivity index (χ2n) is 4.12. The van der Waals surface area contributed by atoms with E-state index < -0.39 is 0 Å². The zero-order chi connectivity index (χ0) is 13.0. The van der Waals surface area contributed by atoms with Gasteiger partial charge < -0.3 is 0 Å². The molecule has 0 atom stereocenters. The number of hydrogen-bond donors (Lipinski definition) is 0. The van der Waals surface area contributed by atoms with E-state index in [1.165, 1.54) is 5.56 Å². The molecule has 0 saturated heterocycles. The third-order valence-corrected chi connectivity index (χ3v) is 3.26. The Labute approximate surface area is 118 Å². The molecule has 0 amide bonds. The Kier molecular flexibility index (Phi) is 4.29. The van der Waals surface area contributed by atoms with E-state index >= 15 is 0 Å². The molecule has 0 aliphatic carbocycles. The number of allylic oxidation sites excluding steroid dienone is 1. The van der Waals surface area contributed by atoms with Crippen LogP contribution < -0.4 is 0 Å². The van der Waals surface area contributed by atoms with Crippen LogP contribution in [-0.4, -0.2) is 4.86 Å². The molecule has 0 N–H and O–H groups in total. The summed E-state index contributed by atoms with van der Waals surface area (Å²) < 4.78 is 0. The number of halogens is 1. The summed E-state index contributed by atoms with van der Waals surface area (Å²) in [7, 11) is 0. The maximum Gasteiger partial charge on any atom is 0.0449 e. The van der Waals surface area contributed by atoms with Crippen molar-refractivity contribution >= 4 is 34.8 Å². The van der Waals surface area contributed by atoms with Gasteiger partial charge in [-0.3, -0.25) is 0 Å². The zero-order valence-corrected chi connectivity index (χ0v) is 11.6. The summed E-state index contributed by atoms with van der Waals surface area (Å²) in [5.74, 6) is 0. The number of rotatable bonds is 3. The smallest absolute Gasteiger partial charge is 0.0449 e. The summed E-state index contributed by atoms with van der Waals surface area (Å²) in [4.78, 5) is 0.838. The molecule has 0 heterocycles. The quantitative estimate of drug-likeness (QED) is 0.427. The van der Waals surface area contributed by atoms with E-state index in [2.05, 4.69) is 19.1 Å². The van der Waals surface area contributed by atoms with Gasteiger partial charge in [-0.2, -0.15) is 0 Å². The molecular formula is C16H13ClS. The fourth-order valence-electron chi connectivity index (χ4n) is 1.56. The monoisotopic (exact) mass is 272 g/mol. The van der Waals surface area contributed by atoms with Crippen molar-refractivity contribution < 1.29 is 0 Å². The first-order chi connectivity index (χ1) is 8.65. The van der Waals surface area contributed by atoms with Crippen LogP contribution in [0.25, 0.3) is 6.08 Å². The highest BCUT2D eigenvalue weighted by molar-refractivity contribution is 7.81. The molecule has 0 aromatic heterocycles. The minimum Gasteiger partial charge on any atom is -0.0843 e. The van der Waals surface area contributed by atoms with E-state index in [-0.39, 0.29) is 0 Å². The second kappa shape index (κ2) is 5.94. The van der Waals surface area contributed by atoms with Crippen LogP contribution in [0, 0.1) is 6.92 Å². The van der Waals surface area contributed by atoms with Crippen molar-refractivity contribution in [3.05, 3.63) is 76.3 Å². The standard InChI is InChI=1S/C16H13ClS/c1-12-2-7-14(8-3-12)16(18)11-6-13-4-9-15(17)10-5-13/h2-11H,1H3. The lowest BCUT2D eigenvalue weighted by molar-refractivity contribution is 1.47. The van der Waals surface area contributed by atoms with Crippen molar-refractivity contribution in [2.45, 2.75) is 6.92 Å². The van der Waals surface area contributed by atoms with Crippen LogP contribution in [0.5, 0.6) is 0 Å². The normalized spacial score (nSPS) is 10.8. The molecule has 18 heavy (non-hydrogen) atoms. The SMILES string of the molecule is Cc1ccc(C(=S)C=Cc2ccc(Cl)cc2)cc1. The summed E-state index contributed by atoms with van der Waals surface area (Å²) in [6.07, 6.45) is 3.95. The van der Waals surface area contributed by atoms with Crippen LogP contribution in [0.15, 0.2) is 54.6 Å². The molecule has 0 fully saturated rings. The summed E-state index contributed by atoms with van der Waals surface area (Å²) >= 11 is 11.2. The molecular weight excluding hydrogens is 260 g/mol. The van der Waals surface area contributed by atoms with Gasteiger partial charge in [-0.15, -0.1) is 0 Å². The van der Waals surface area contributed by atoms with Crippen LogP contribution in [-0.2, 0) is 0 Å². The molecule has 0 radical (unpaired) electrons. The molecule has 0 bridgehead atoms. The number of aryl methyl sites for hydroxylation is 1. The number of hydrogen-bond acceptors (Lipinski definition) is 1. The predicted octanol–water partition coefficient (Wildman–Crippen LogP) is 5.08. The predicted molar refractivity (Wildman–Crippen MR) is 83.4 cm³/mol. The third kappa shape index (κ3) is 3.52. The van der Waals surface area contributed by atoms with Crippen LogP contribution in [0.4, 0.5) is 0 Å². The van der Waals surface area contributed by atoms with Gasteiger partial charge in [0.1, 0.15) is 0 Å². The van der Waals surface area contributed by atoms with Gasteiger partial charge in [0.15, 0.2) is 0 Å². The first kappa shape index (κ1) is 13.0. The largest absolute Gasteiger partial charge is 0.0843 e.